The lowest BCUT2D eigenvalue weighted by atomic mass is 9.81. The van der Waals surface area contributed by atoms with Gasteiger partial charge in [-0.1, -0.05) is 43.6 Å². The van der Waals surface area contributed by atoms with Gasteiger partial charge >= 0.3 is 6.36 Å². The number of hydrogen-bond acceptors (Lipinski definition) is 5. The Hall–Kier alpha value is -2.98. The Labute approximate surface area is 201 Å². The number of methoxy groups -OCH3 is 1. The second kappa shape index (κ2) is 9.34. The number of anilines is 2. The lowest BCUT2D eigenvalue weighted by Crippen LogP contribution is -2.26. The quantitative estimate of drug-likeness (QED) is 0.358. The molecular formula is C23H22ClF3N2O4S. The Kier molecular flexibility index (Phi) is 7.05. The van der Waals surface area contributed by atoms with Crippen molar-refractivity contribution in [2.45, 2.75) is 25.6 Å². The third-order valence-corrected chi connectivity index (χ3v) is 6.33. The smallest absolute Gasteiger partial charge is 0.497 e. The fourth-order valence-electron chi connectivity index (χ4n) is 3.41. The molecule has 0 bridgehead atoms. The molecule has 0 amide bonds. The minimum Gasteiger partial charge on any atom is -0.497 e. The van der Waals surface area contributed by atoms with Crippen molar-refractivity contribution >= 4 is 33.0 Å². The number of rotatable bonds is 7. The third kappa shape index (κ3) is 5.92. The van der Waals surface area contributed by atoms with E-state index in [4.69, 9.17) is 16.3 Å². The van der Waals surface area contributed by atoms with Crippen LogP contribution in [0.5, 0.6) is 11.5 Å². The second-order valence-corrected chi connectivity index (χ2v) is 10.2. The molecule has 1 aromatic heterocycles. The lowest BCUT2D eigenvalue weighted by Gasteiger charge is -2.29. The van der Waals surface area contributed by atoms with E-state index in [9.17, 15) is 21.6 Å². The van der Waals surface area contributed by atoms with E-state index in [2.05, 4.69) is 9.72 Å². The second-order valence-electron chi connectivity index (χ2n) is 7.97. The van der Waals surface area contributed by atoms with Gasteiger partial charge in [-0.15, -0.1) is 13.2 Å². The van der Waals surface area contributed by atoms with Gasteiger partial charge in [-0.25, -0.2) is 17.7 Å². The topological polar surface area (TPSA) is 68.7 Å². The molecule has 0 spiro atoms. The summed E-state index contributed by atoms with van der Waals surface area (Å²) in [5.41, 5.74) is 0.311. The van der Waals surface area contributed by atoms with Crippen LogP contribution in [0.1, 0.15) is 25.1 Å². The van der Waals surface area contributed by atoms with Crippen molar-refractivity contribution in [1.82, 2.24) is 4.98 Å². The van der Waals surface area contributed by atoms with Crippen LogP contribution in [0.15, 0.2) is 60.7 Å². The number of benzene rings is 2. The van der Waals surface area contributed by atoms with Crippen molar-refractivity contribution in [3.63, 3.8) is 0 Å². The molecule has 6 nitrogen and oxygen atoms in total. The molecule has 11 heteroatoms. The largest absolute Gasteiger partial charge is 0.573 e. The molecule has 0 unspecified atom stereocenters. The number of halogens is 4. The molecule has 0 N–H and O–H groups in total. The van der Waals surface area contributed by atoms with E-state index in [0.717, 1.165) is 16.6 Å². The molecule has 0 radical (unpaired) electrons. The summed E-state index contributed by atoms with van der Waals surface area (Å²) in [7, 11) is -2.45. The molecule has 0 fully saturated rings. The van der Waals surface area contributed by atoms with Gasteiger partial charge in [0.05, 0.1) is 30.4 Å². The number of nitrogens with zero attached hydrogens (tertiary/aromatic N) is 2. The summed E-state index contributed by atoms with van der Waals surface area (Å²) in [6, 6.07) is 15.2. The highest BCUT2D eigenvalue weighted by Gasteiger charge is 2.33. The van der Waals surface area contributed by atoms with Gasteiger partial charge in [-0.2, -0.15) is 0 Å². The Balaban J connectivity index is 2.16. The van der Waals surface area contributed by atoms with Crippen LogP contribution < -0.4 is 13.8 Å². The van der Waals surface area contributed by atoms with Crippen LogP contribution in [-0.2, 0) is 15.4 Å². The third-order valence-electron chi connectivity index (χ3n) is 5.05. The summed E-state index contributed by atoms with van der Waals surface area (Å²) in [4.78, 5) is 4.34. The Bertz CT molecular complexity index is 1280. The van der Waals surface area contributed by atoms with Crippen LogP contribution in [0.4, 0.5) is 24.5 Å². The van der Waals surface area contributed by atoms with E-state index >= 15 is 0 Å². The maximum atomic E-state index is 12.8. The average Bonchev–Trinajstić information content (AvgIpc) is 2.71. The molecule has 2 aromatic carbocycles. The normalized spacial score (nSPS) is 12.4. The van der Waals surface area contributed by atoms with E-state index < -0.39 is 27.6 Å². The molecule has 0 aliphatic carbocycles. The fourth-order valence-corrected chi connectivity index (χ4v) is 4.60. The van der Waals surface area contributed by atoms with Crippen molar-refractivity contribution in [1.29, 1.82) is 0 Å². The first-order chi connectivity index (χ1) is 15.7. The van der Waals surface area contributed by atoms with E-state index in [-0.39, 0.29) is 16.6 Å². The van der Waals surface area contributed by atoms with Crippen LogP contribution in [0.3, 0.4) is 0 Å². The predicted octanol–water partition coefficient (Wildman–Crippen LogP) is 6.07. The van der Waals surface area contributed by atoms with Crippen LogP contribution in [0.25, 0.3) is 0 Å². The summed E-state index contributed by atoms with van der Waals surface area (Å²) in [5.74, 6) is -0.312. The molecule has 182 valence electrons. The van der Waals surface area contributed by atoms with Crippen molar-refractivity contribution in [3.8, 4) is 11.5 Å². The van der Waals surface area contributed by atoms with E-state index in [0.29, 0.717) is 16.9 Å². The number of para-hydroxylation sites is 1. The summed E-state index contributed by atoms with van der Waals surface area (Å²) in [6.07, 6.45) is -3.83. The molecule has 3 aromatic rings. The number of pyridine rings is 1. The summed E-state index contributed by atoms with van der Waals surface area (Å²) in [6.45, 7) is 3.43. The van der Waals surface area contributed by atoms with Crippen LogP contribution in [0.2, 0.25) is 5.15 Å². The van der Waals surface area contributed by atoms with Gasteiger partial charge in [0.25, 0.3) is 0 Å². The Morgan fingerprint density at radius 3 is 2.12 bits per heavy atom. The number of aromatic nitrogens is 1. The monoisotopic (exact) mass is 514 g/mol. The summed E-state index contributed by atoms with van der Waals surface area (Å²) >= 11 is 6.27. The zero-order valence-corrected chi connectivity index (χ0v) is 20.3. The first-order valence-corrected chi connectivity index (χ1v) is 12.1. The number of sulfonamides is 1. The fraction of sp³-hybridized carbons (Fsp3) is 0.261. The zero-order valence-electron chi connectivity index (χ0n) is 18.7. The number of ether oxygens (including phenoxy) is 2. The molecule has 0 aliphatic heterocycles. The summed E-state index contributed by atoms with van der Waals surface area (Å²) < 4.78 is 74.2. The van der Waals surface area contributed by atoms with Gasteiger partial charge in [0.2, 0.25) is 10.0 Å². The highest BCUT2D eigenvalue weighted by molar-refractivity contribution is 7.92. The highest BCUT2D eigenvalue weighted by Crippen LogP contribution is 2.39. The first-order valence-electron chi connectivity index (χ1n) is 9.89. The standard InChI is InChI=1S/C23H22ClF3N2O4S/c1-22(2,15-10-18(32-3)14-19(11-15)33-23(25,26)27)20-12-17(13-21(24)28-20)29(34(4,30)31)16-8-6-5-7-9-16/h5-14H,1-4H3. The van der Waals surface area contributed by atoms with E-state index in [1.54, 1.807) is 50.2 Å². The van der Waals surface area contributed by atoms with E-state index in [1.165, 1.54) is 25.3 Å². The van der Waals surface area contributed by atoms with Gasteiger partial charge in [-0.05, 0) is 35.9 Å². The molecule has 0 saturated heterocycles. The van der Waals surface area contributed by atoms with Crippen LogP contribution in [-0.4, -0.2) is 33.1 Å². The molecule has 0 aliphatic rings. The lowest BCUT2D eigenvalue weighted by molar-refractivity contribution is -0.274. The van der Waals surface area contributed by atoms with Crippen molar-refractivity contribution in [2.24, 2.45) is 0 Å². The molecule has 0 atom stereocenters. The SMILES string of the molecule is COc1cc(OC(F)(F)F)cc(C(C)(C)c2cc(N(c3ccccc3)S(C)(=O)=O)cc(Cl)n2)c1. The van der Waals surface area contributed by atoms with Crippen molar-refractivity contribution in [3.05, 3.63) is 77.1 Å². The summed E-state index contributed by atoms with van der Waals surface area (Å²) in [5, 5.41) is 0.0137. The maximum absolute atomic E-state index is 12.8. The zero-order chi connectivity index (χ0) is 25.3. The van der Waals surface area contributed by atoms with Gasteiger partial charge in [0, 0.05) is 17.5 Å². The van der Waals surface area contributed by atoms with Crippen molar-refractivity contribution in [2.75, 3.05) is 17.7 Å². The highest BCUT2D eigenvalue weighted by atomic mass is 35.5. The Morgan fingerprint density at radius 1 is 0.941 bits per heavy atom. The van der Waals surface area contributed by atoms with E-state index in [1.807, 2.05) is 0 Å². The minimum absolute atomic E-state index is 0.0137. The Morgan fingerprint density at radius 2 is 1.56 bits per heavy atom. The molecular weight excluding hydrogens is 493 g/mol. The molecule has 3 rings (SSSR count). The number of hydrogen-bond donors (Lipinski definition) is 0. The minimum atomic E-state index is -4.89. The molecule has 34 heavy (non-hydrogen) atoms. The van der Waals surface area contributed by atoms with Gasteiger partial charge in [-0.3, -0.25) is 0 Å². The maximum Gasteiger partial charge on any atom is 0.573 e. The van der Waals surface area contributed by atoms with Gasteiger partial charge < -0.3 is 9.47 Å². The molecule has 0 saturated carbocycles. The molecule has 1 heterocycles. The van der Waals surface area contributed by atoms with Gasteiger partial charge in [0.1, 0.15) is 16.7 Å². The average molecular weight is 515 g/mol. The van der Waals surface area contributed by atoms with Crippen LogP contribution >= 0.6 is 11.6 Å². The van der Waals surface area contributed by atoms with Crippen LogP contribution in [0, 0.1) is 0 Å². The van der Waals surface area contributed by atoms with Gasteiger partial charge in [0.15, 0.2) is 0 Å². The predicted molar refractivity (Wildman–Crippen MR) is 124 cm³/mol. The first kappa shape index (κ1) is 25.6. The number of alkyl halides is 3. The van der Waals surface area contributed by atoms with Crippen molar-refractivity contribution < 1.29 is 31.1 Å².